The van der Waals surface area contributed by atoms with Crippen LogP contribution in [0.4, 0.5) is 0 Å². The molecule has 0 N–H and O–H groups in total. The molecule has 188 valence electrons. The second-order valence-electron chi connectivity index (χ2n) is 7.69. The molecule has 0 radical (unpaired) electrons. The van der Waals surface area contributed by atoms with Crippen molar-refractivity contribution in [2.45, 2.75) is 31.0 Å². The van der Waals surface area contributed by atoms with Crippen LogP contribution in [0.1, 0.15) is 23.5 Å². The summed E-state index contributed by atoms with van der Waals surface area (Å²) in [5, 5.41) is 10.2. The van der Waals surface area contributed by atoms with Crippen LogP contribution in [0.3, 0.4) is 0 Å². The largest absolute Gasteiger partial charge is 0.459 e. The SMILES string of the molecule is CC(=O)O[C@H]1[C@H](n2cnc3c(Cl)ncnc32)O[C@H](COC(=O)c2ccccc2)[C@@]1(C#N)OS(C)(=O)=O. The lowest BCUT2D eigenvalue weighted by Gasteiger charge is -2.30. The molecular formula is C21H18ClN5O8S. The molecule has 0 spiro atoms. The number of halogens is 1. The zero-order chi connectivity index (χ0) is 26.1. The van der Waals surface area contributed by atoms with E-state index in [9.17, 15) is 23.3 Å². The van der Waals surface area contributed by atoms with Gasteiger partial charge in [0.1, 0.15) is 30.6 Å². The van der Waals surface area contributed by atoms with Gasteiger partial charge >= 0.3 is 11.9 Å². The standard InChI is InChI=1S/C21H18ClN5O8S/c1-12(28)33-16-19(27-11-26-15-17(22)24-10-25-18(15)27)34-14(21(16,9-23)35-36(2,30)31)8-32-20(29)13-6-4-3-5-7-13/h3-7,10-11,14,16,19H,8H2,1-2H3/t14-,16+,19-,21-/m1/s1. The van der Waals surface area contributed by atoms with Gasteiger partial charge in [-0.1, -0.05) is 29.8 Å². The van der Waals surface area contributed by atoms with Crippen LogP contribution in [0.5, 0.6) is 0 Å². The molecule has 1 fully saturated rings. The molecule has 0 saturated carbocycles. The predicted molar refractivity (Wildman–Crippen MR) is 121 cm³/mol. The molecular weight excluding hydrogens is 518 g/mol. The number of ether oxygens (including phenoxy) is 3. The number of esters is 2. The predicted octanol–water partition coefficient (Wildman–Crippen LogP) is 1.40. The third kappa shape index (κ3) is 4.86. The van der Waals surface area contributed by atoms with Gasteiger partial charge in [-0.2, -0.15) is 13.7 Å². The molecule has 3 heterocycles. The summed E-state index contributed by atoms with van der Waals surface area (Å²) in [4.78, 5) is 36.6. The molecule has 4 rings (SSSR count). The summed E-state index contributed by atoms with van der Waals surface area (Å²) in [5.74, 6) is -1.62. The number of rotatable bonds is 7. The smallest absolute Gasteiger partial charge is 0.338 e. The summed E-state index contributed by atoms with van der Waals surface area (Å²) < 4.78 is 47.5. The lowest BCUT2D eigenvalue weighted by molar-refractivity contribution is -0.157. The topological polar surface area (TPSA) is 173 Å². The molecule has 1 aliphatic heterocycles. The molecule has 15 heteroatoms. The maximum atomic E-state index is 12.5. The van der Waals surface area contributed by atoms with E-state index in [4.69, 9.17) is 30.0 Å². The van der Waals surface area contributed by atoms with Gasteiger partial charge in [0, 0.05) is 6.92 Å². The number of carbonyl (C=O) groups is 2. The first-order chi connectivity index (χ1) is 17.1. The summed E-state index contributed by atoms with van der Waals surface area (Å²) in [6, 6.07) is 9.74. The van der Waals surface area contributed by atoms with Gasteiger partial charge in [-0.15, -0.1) is 0 Å². The van der Waals surface area contributed by atoms with E-state index < -0.39 is 52.7 Å². The second-order valence-corrected chi connectivity index (χ2v) is 9.62. The maximum Gasteiger partial charge on any atom is 0.338 e. The molecule has 1 aromatic carbocycles. The highest BCUT2D eigenvalue weighted by Gasteiger charge is 2.64. The van der Waals surface area contributed by atoms with Gasteiger partial charge in [-0.3, -0.25) is 9.36 Å². The highest BCUT2D eigenvalue weighted by atomic mass is 35.5. The summed E-state index contributed by atoms with van der Waals surface area (Å²) in [7, 11) is -4.32. The fourth-order valence-corrected chi connectivity index (χ4v) is 4.68. The Balaban J connectivity index is 1.78. The van der Waals surface area contributed by atoms with Crippen molar-refractivity contribution in [3.05, 3.63) is 53.7 Å². The number of hydrogen-bond donors (Lipinski definition) is 0. The number of nitrogens with zero attached hydrogens (tertiary/aromatic N) is 5. The van der Waals surface area contributed by atoms with E-state index in [1.165, 1.54) is 23.0 Å². The monoisotopic (exact) mass is 535 g/mol. The van der Waals surface area contributed by atoms with Gasteiger partial charge in [0.05, 0.1) is 18.1 Å². The van der Waals surface area contributed by atoms with Crippen molar-refractivity contribution >= 4 is 44.8 Å². The number of benzene rings is 1. The lowest BCUT2D eigenvalue weighted by atomic mass is 9.94. The van der Waals surface area contributed by atoms with Crippen LogP contribution < -0.4 is 0 Å². The van der Waals surface area contributed by atoms with E-state index in [0.29, 0.717) is 0 Å². The zero-order valence-electron chi connectivity index (χ0n) is 18.8. The van der Waals surface area contributed by atoms with Crippen LogP contribution >= 0.6 is 11.6 Å². The van der Waals surface area contributed by atoms with Crippen LogP contribution in [0.2, 0.25) is 5.15 Å². The van der Waals surface area contributed by atoms with Gasteiger partial charge in [-0.25, -0.2) is 23.9 Å². The Labute approximate surface area is 209 Å². The minimum absolute atomic E-state index is 0.0213. The number of imidazole rings is 1. The lowest BCUT2D eigenvalue weighted by Crippen LogP contribution is -2.53. The number of hydrogen-bond acceptors (Lipinski definition) is 12. The van der Waals surface area contributed by atoms with Crippen LogP contribution in [-0.2, 0) is 33.3 Å². The number of fused-ring (bicyclic) bond motifs is 1. The Morgan fingerprint density at radius 1 is 1.25 bits per heavy atom. The molecule has 0 aliphatic carbocycles. The minimum Gasteiger partial charge on any atom is -0.459 e. The first-order valence-electron chi connectivity index (χ1n) is 10.3. The van der Waals surface area contributed by atoms with Crippen molar-refractivity contribution in [1.29, 1.82) is 5.26 Å². The van der Waals surface area contributed by atoms with Gasteiger partial charge in [0.15, 0.2) is 23.1 Å². The fraction of sp³-hybridized carbons (Fsp3) is 0.333. The second kappa shape index (κ2) is 9.78. The average Bonchev–Trinajstić information content (AvgIpc) is 3.37. The van der Waals surface area contributed by atoms with Gasteiger partial charge in [-0.05, 0) is 12.1 Å². The Bertz CT molecular complexity index is 1460. The number of aromatic nitrogens is 4. The highest BCUT2D eigenvalue weighted by molar-refractivity contribution is 7.86. The van der Waals surface area contributed by atoms with Crippen molar-refractivity contribution in [2.75, 3.05) is 12.9 Å². The molecule has 0 unspecified atom stereocenters. The minimum atomic E-state index is -4.32. The van der Waals surface area contributed by atoms with Crippen LogP contribution in [0.15, 0.2) is 43.0 Å². The summed E-state index contributed by atoms with van der Waals surface area (Å²) in [6.45, 7) is 0.445. The van der Waals surface area contributed by atoms with Crippen molar-refractivity contribution in [1.82, 2.24) is 19.5 Å². The van der Waals surface area contributed by atoms with E-state index in [1.54, 1.807) is 24.3 Å². The van der Waals surface area contributed by atoms with Crippen molar-refractivity contribution in [2.24, 2.45) is 0 Å². The Morgan fingerprint density at radius 2 is 1.97 bits per heavy atom. The van der Waals surface area contributed by atoms with Gasteiger partial charge in [0.25, 0.3) is 10.1 Å². The van der Waals surface area contributed by atoms with E-state index in [2.05, 4.69) is 15.0 Å². The van der Waals surface area contributed by atoms with Crippen molar-refractivity contribution in [3.8, 4) is 6.07 Å². The van der Waals surface area contributed by atoms with Crippen molar-refractivity contribution < 1.29 is 36.4 Å². The van der Waals surface area contributed by atoms with E-state index in [-0.39, 0.29) is 21.9 Å². The Hall–Kier alpha value is -3.64. The molecule has 36 heavy (non-hydrogen) atoms. The van der Waals surface area contributed by atoms with E-state index >= 15 is 0 Å². The number of nitriles is 1. The maximum absolute atomic E-state index is 12.5. The zero-order valence-corrected chi connectivity index (χ0v) is 20.3. The first-order valence-corrected chi connectivity index (χ1v) is 12.4. The summed E-state index contributed by atoms with van der Waals surface area (Å²) in [5.41, 5.74) is -1.91. The molecule has 13 nitrogen and oxygen atoms in total. The molecule has 0 amide bonds. The Kier molecular flexibility index (Phi) is 6.92. The number of carbonyl (C=O) groups excluding carboxylic acids is 2. The van der Waals surface area contributed by atoms with Crippen LogP contribution in [-0.4, -0.2) is 70.5 Å². The first kappa shape index (κ1) is 25.5. The van der Waals surface area contributed by atoms with Crippen molar-refractivity contribution in [3.63, 3.8) is 0 Å². The van der Waals surface area contributed by atoms with Crippen LogP contribution in [0, 0.1) is 11.3 Å². The molecule has 2 aromatic heterocycles. The molecule has 4 atom stereocenters. The Morgan fingerprint density at radius 3 is 2.61 bits per heavy atom. The summed E-state index contributed by atoms with van der Waals surface area (Å²) >= 11 is 6.07. The van der Waals surface area contributed by atoms with E-state index in [1.807, 2.05) is 0 Å². The third-order valence-corrected chi connectivity index (χ3v) is 6.04. The van der Waals surface area contributed by atoms with Gasteiger partial charge < -0.3 is 14.2 Å². The molecule has 3 aromatic rings. The molecule has 1 aliphatic rings. The normalized spacial score (nSPS) is 23.8. The fourth-order valence-electron chi connectivity index (χ4n) is 3.76. The summed E-state index contributed by atoms with van der Waals surface area (Å²) in [6.07, 6.45) is -1.42. The molecule has 1 saturated heterocycles. The van der Waals surface area contributed by atoms with Gasteiger partial charge in [0.2, 0.25) is 5.60 Å². The third-order valence-electron chi connectivity index (χ3n) is 5.18. The van der Waals surface area contributed by atoms with Crippen LogP contribution in [0.25, 0.3) is 11.2 Å². The highest BCUT2D eigenvalue weighted by Crippen LogP contribution is 2.44. The quantitative estimate of drug-likeness (QED) is 0.242. The molecule has 0 bridgehead atoms. The van der Waals surface area contributed by atoms with E-state index in [0.717, 1.165) is 19.5 Å². The average molecular weight is 536 g/mol.